The molecule has 3 rings (SSSR count). The van der Waals surface area contributed by atoms with Gasteiger partial charge in [-0.1, -0.05) is 51.1 Å². The average Bonchev–Trinajstić information content (AvgIpc) is 3.17. The van der Waals surface area contributed by atoms with Crippen LogP contribution in [0.3, 0.4) is 0 Å². The number of nitrogens with one attached hydrogen (secondary N) is 1. The van der Waals surface area contributed by atoms with Crippen molar-refractivity contribution < 1.29 is 0 Å². The van der Waals surface area contributed by atoms with Crippen LogP contribution < -0.4 is 5.32 Å². The fraction of sp³-hybridized carbons (Fsp3) is 0.667. The molecule has 1 aliphatic heterocycles. The largest absolute Gasteiger partial charge is 0.311 e. The third-order valence-corrected chi connectivity index (χ3v) is 5.12. The van der Waals surface area contributed by atoms with Crippen molar-refractivity contribution in [2.75, 3.05) is 19.6 Å². The van der Waals surface area contributed by atoms with Crippen LogP contribution in [0.5, 0.6) is 0 Å². The molecule has 1 saturated carbocycles. The molecule has 0 bridgehead atoms. The van der Waals surface area contributed by atoms with E-state index in [0.29, 0.717) is 23.4 Å². The molecule has 1 aliphatic carbocycles. The van der Waals surface area contributed by atoms with Crippen LogP contribution in [0.25, 0.3) is 0 Å². The van der Waals surface area contributed by atoms with Crippen LogP contribution in [0.15, 0.2) is 30.3 Å². The first kappa shape index (κ1) is 14.1. The Bertz CT molecular complexity index is 436. The first-order valence-corrected chi connectivity index (χ1v) is 8.10. The summed E-state index contributed by atoms with van der Waals surface area (Å²) in [6.45, 7) is 10.6. The predicted molar refractivity (Wildman–Crippen MR) is 84.7 cm³/mol. The molecular weight excluding hydrogens is 244 g/mol. The molecule has 1 aromatic rings. The molecule has 2 heteroatoms. The molecule has 1 aromatic carbocycles. The molecule has 2 unspecified atom stereocenters. The van der Waals surface area contributed by atoms with Crippen molar-refractivity contribution in [1.82, 2.24) is 10.2 Å². The average molecular weight is 272 g/mol. The van der Waals surface area contributed by atoms with E-state index in [9.17, 15) is 0 Å². The van der Waals surface area contributed by atoms with Gasteiger partial charge in [0.05, 0.1) is 0 Å². The van der Waals surface area contributed by atoms with Crippen molar-refractivity contribution in [3.63, 3.8) is 0 Å². The Labute approximate surface area is 123 Å². The van der Waals surface area contributed by atoms with Gasteiger partial charge in [0.15, 0.2) is 0 Å². The maximum Gasteiger partial charge on any atom is 0.0473 e. The van der Waals surface area contributed by atoms with E-state index in [1.165, 1.54) is 31.5 Å². The van der Waals surface area contributed by atoms with E-state index in [1.54, 1.807) is 0 Å². The third-order valence-electron chi connectivity index (χ3n) is 5.12. The Morgan fingerprint density at radius 1 is 1.25 bits per heavy atom. The summed E-state index contributed by atoms with van der Waals surface area (Å²) in [6.07, 6.45) is 2.82. The highest BCUT2D eigenvalue weighted by Crippen LogP contribution is 2.47. The van der Waals surface area contributed by atoms with Gasteiger partial charge in [0.2, 0.25) is 0 Å². The quantitative estimate of drug-likeness (QED) is 0.903. The smallest absolute Gasteiger partial charge is 0.0473 e. The summed E-state index contributed by atoms with van der Waals surface area (Å²) >= 11 is 0. The van der Waals surface area contributed by atoms with Gasteiger partial charge in [0.25, 0.3) is 0 Å². The van der Waals surface area contributed by atoms with Gasteiger partial charge >= 0.3 is 0 Å². The molecule has 0 spiro atoms. The summed E-state index contributed by atoms with van der Waals surface area (Å²) < 4.78 is 0. The van der Waals surface area contributed by atoms with Gasteiger partial charge in [-0.2, -0.15) is 0 Å². The zero-order valence-electron chi connectivity index (χ0n) is 13.1. The molecule has 2 nitrogen and oxygen atoms in total. The number of nitrogens with zero attached hydrogens (tertiary/aromatic N) is 1. The minimum atomic E-state index is 0.545. The molecular formula is C18H28N2. The Balaban J connectivity index is 1.77. The number of rotatable bonds is 4. The molecule has 0 radical (unpaired) electrons. The first-order valence-electron chi connectivity index (χ1n) is 8.10. The zero-order chi connectivity index (χ0) is 14.2. The third kappa shape index (κ3) is 3.07. The Kier molecular flexibility index (Phi) is 3.87. The van der Waals surface area contributed by atoms with Crippen LogP contribution in [0.4, 0.5) is 0 Å². The molecule has 0 amide bonds. The van der Waals surface area contributed by atoms with E-state index in [-0.39, 0.29) is 0 Å². The van der Waals surface area contributed by atoms with E-state index in [4.69, 9.17) is 0 Å². The normalized spacial score (nSPS) is 29.6. The Morgan fingerprint density at radius 3 is 2.55 bits per heavy atom. The first-order chi connectivity index (χ1) is 9.57. The van der Waals surface area contributed by atoms with E-state index in [2.05, 4.69) is 61.3 Å². The summed E-state index contributed by atoms with van der Waals surface area (Å²) in [7, 11) is 0. The van der Waals surface area contributed by atoms with Gasteiger partial charge in [0.1, 0.15) is 0 Å². The van der Waals surface area contributed by atoms with Crippen molar-refractivity contribution in [1.29, 1.82) is 0 Å². The van der Waals surface area contributed by atoms with Crippen molar-refractivity contribution in [2.45, 2.75) is 45.7 Å². The van der Waals surface area contributed by atoms with E-state index in [1.807, 2.05) is 0 Å². The summed E-state index contributed by atoms with van der Waals surface area (Å²) in [4.78, 5) is 2.74. The molecule has 110 valence electrons. The molecule has 2 atom stereocenters. The molecule has 0 aromatic heterocycles. The zero-order valence-corrected chi connectivity index (χ0v) is 13.1. The molecule has 2 fully saturated rings. The van der Waals surface area contributed by atoms with Crippen LogP contribution in [0, 0.1) is 11.3 Å². The number of hydrogen-bond acceptors (Lipinski definition) is 2. The lowest BCUT2D eigenvalue weighted by molar-refractivity contribution is 0.0932. The molecule has 1 N–H and O–H groups in total. The number of hydrogen-bond donors (Lipinski definition) is 1. The van der Waals surface area contributed by atoms with Crippen LogP contribution in [-0.2, 0) is 0 Å². The van der Waals surface area contributed by atoms with Crippen molar-refractivity contribution in [3.05, 3.63) is 35.9 Å². The fourth-order valence-corrected chi connectivity index (χ4v) is 3.32. The maximum atomic E-state index is 3.76. The van der Waals surface area contributed by atoms with Crippen molar-refractivity contribution in [3.8, 4) is 0 Å². The van der Waals surface area contributed by atoms with Gasteiger partial charge in [-0.15, -0.1) is 0 Å². The summed E-state index contributed by atoms with van der Waals surface area (Å²) in [5.74, 6) is 0.709. The van der Waals surface area contributed by atoms with Crippen LogP contribution in [0.1, 0.15) is 45.2 Å². The Morgan fingerprint density at radius 2 is 1.95 bits per heavy atom. The standard InChI is InChI=1S/C18H28N2/c1-14(2)16-12-20(13-18(3)9-10-18)17(11-19-16)15-7-5-4-6-8-15/h4-8,14,16-17,19H,9-13H2,1-3H3. The lowest BCUT2D eigenvalue weighted by atomic mass is 9.94. The summed E-state index contributed by atoms with van der Waals surface area (Å²) in [5, 5.41) is 3.76. The minimum Gasteiger partial charge on any atom is -0.311 e. The second kappa shape index (κ2) is 5.50. The summed E-state index contributed by atoms with van der Waals surface area (Å²) in [5.41, 5.74) is 2.05. The van der Waals surface area contributed by atoms with Crippen LogP contribution in [-0.4, -0.2) is 30.6 Å². The summed E-state index contributed by atoms with van der Waals surface area (Å²) in [6, 6.07) is 12.2. The Hall–Kier alpha value is -0.860. The second-order valence-electron chi connectivity index (χ2n) is 7.43. The van der Waals surface area contributed by atoms with Gasteiger partial charge in [-0.25, -0.2) is 0 Å². The maximum absolute atomic E-state index is 3.76. The highest BCUT2D eigenvalue weighted by atomic mass is 15.2. The predicted octanol–water partition coefficient (Wildman–Crippen LogP) is 3.46. The van der Waals surface area contributed by atoms with Crippen molar-refractivity contribution >= 4 is 0 Å². The van der Waals surface area contributed by atoms with Crippen LogP contribution >= 0.6 is 0 Å². The van der Waals surface area contributed by atoms with Gasteiger partial charge < -0.3 is 5.32 Å². The lowest BCUT2D eigenvalue weighted by Gasteiger charge is -2.43. The topological polar surface area (TPSA) is 15.3 Å². The molecule has 1 saturated heterocycles. The van der Waals surface area contributed by atoms with Gasteiger partial charge in [-0.3, -0.25) is 4.90 Å². The van der Waals surface area contributed by atoms with Gasteiger partial charge in [-0.05, 0) is 29.7 Å². The van der Waals surface area contributed by atoms with E-state index in [0.717, 1.165) is 6.54 Å². The van der Waals surface area contributed by atoms with Crippen molar-refractivity contribution in [2.24, 2.45) is 11.3 Å². The number of piperazine rings is 1. The molecule has 2 aliphatic rings. The highest BCUT2D eigenvalue weighted by Gasteiger charge is 2.42. The molecule has 20 heavy (non-hydrogen) atoms. The SMILES string of the molecule is CC(C)C1CN(CC2(C)CC2)C(c2ccccc2)CN1. The van der Waals surface area contributed by atoms with E-state index < -0.39 is 0 Å². The van der Waals surface area contributed by atoms with E-state index >= 15 is 0 Å². The minimum absolute atomic E-state index is 0.545. The van der Waals surface area contributed by atoms with Crippen LogP contribution in [0.2, 0.25) is 0 Å². The fourth-order valence-electron chi connectivity index (χ4n) is 3.32. The molecule has 1 heterocycles. The monoisotopic (exact) mass is 272 g/mol. The second-order valence-corrected chi connectivity index (χ2v) is 7.43. The highest BCUT2D eigenvalue weighted by molar-refractivity contribution is 5.20. The lowest BCUT2D eigenvalue weighted by Crippen LogP contribution is -2.55. The number of benzene rings is 1. The van der Waals surface area contributed by atoms with Gasteiger partial charge in [0, 0.05) is 31.7 Å².